The first-order valence-corrected chi connectivity index (χ1v) is 5.76. The van der Waals surface area contributed by atoms with Gasteiger partial charge in [0.2, 0.25) is 0 Å². The number of nitrogens with zero attached hydrogens (tertiary/aromatic N) is 2. The number of hydrogen-bond acceptors (Lipinski definition) is 2. The number of aromatic nitrogens is 2. The van der Waals surface area contributed by atoms with Crippen LogP contribution in [0, 0.1) is 19.8 Å². The molecule has 1 N–H and O–H groups in total. The maximum absolute atomic E-state index is 4.49. The van der Waals surface area contributed by atoms with Gasteiger partial charge in [0.15, 0.2) is 0 Å². The average molecular weight is 209 g/mol. The Morgan fingerprint density at radius 2 is 2.13 bits per heavy atom. The molecule has 0 spiro atoms. The van der Waals surface area contributed by atoms with E-state index in [2.05, 4.69) is 41.9 Å². The van der Waals surface area contributed by atoms with Crippen molar-refractivity contribution in [2.45, 2.75) is 46.7 Å². The lowest BCUT2D eigenvalue weighted by Gasteiger charge is -2.22. The number of likely N-dealkylation sites (N-methyl/N-ethyl adjacent to an activating group) is 1. The Morgan fingerprint density at radius 3 is 2.53 bits per heavy atom. The van der Waals surface area contributed by atoms with Crippen LogP contribution in [-0.4, -0.2) is 22.9 Å². The first-order valence-electron chi connectivity index (χ1n) is 5.76. The Labute approximate surface area is 92.9 Å². The Kier molecular flexibility index (Phi) is 4.33. The second-order valence-electron chi connectivity index (χ2n) is 4.39. The van der Waals surface area contributed by atoms with Crippen molar-refractivity contribution in [2.24, 2.45) is 5.92 Å². The van der Waals surface area contributed by atoms with E-state index < -0.39 is 0 Å². The van der Waals surface area contributed by atoms with Crippen molar-refractivity contribution in [3.8, 4) is 0 Å². The maximum atomic E-state index is 4.49. The summed E-state index contributed by atoms with van der Waals surface area (Å²) in [5.41, 5.74) is 2.35. The zero-order chi connectivity index (χ0) is 11.4. The van der Waals surface area contributed by atoms with E-state index in [1.165, 1.54) is 12.1 Å². The molecule has 0 aliphatic carbocycles. The molecule has 0 radical (unpaired) electrons. The van der Waals surface area contributed by atoms with Crippen molar-refractivity contribution in [1.82, 2.24) is 15.1 Å². The molecular formula is C12H23N3. The predicted octanol–water partition coefficient (Wildman–Crippen LogP) is 2.13. The molecule has 86 valence electrons. The molecule has 0 saturated carbocycles. The van der Waals surface area contributed by atoms with Gasteiger partial charge >= 0.3 is 0 Å². The molecule has 0 fully saturated rings. The molecule has 1 aromatic heterocycles. The van der Waals surface area contributed by atoms with Crippen LogP contribution in [0.15, 0.2) is 6.07 Å². The minimum absolute atomic E-state index is 0.507. The lowest BCUT2D eigenvalue weighted by atomic mass is 9.99. The molecule has 0 aliphatic heterocycles. The van der Waals surface area contributed by atoms with E-state index in [1.54, 1.807) is 0 Å². The van der Waals surface area contributed by atoms with E-state index in [0.29, 0.717) is 12.0 Å². The third-order valence-corrected chi connectivity index (χ3v) is 3.17. The van der Waals surface area contributed by atoms with E-state index in [1.807, 2.05) is 14.0 Å². The third-order valence-electron chi connectivity index (χ3n) is 3.17. The summed E-state index contributed by atoms with van der Waals surface area (Å²) in [5, 5.41) is 7.87. The van der Waals surface area contributed by atoms with Crippen LogP contribution in [0.1, 0.15) is 31.7 Å². The van der Waals surface area contributed by atoms with Crippen LogP contribution in [0.3, 0.4) is 0 Å². The van der Waals surface area contributed by atoms with Crippen molar-refractivity contribution in [2.75, 3.05) is 7.05 Å². The van der Waals surface area contributed by atoms with Crippen molar-refractivity contribution in [3.63, 3.8) is 0 Å². The second-order valence-corrected chi connectivity index (χ2v) is 4.39. The first-order chi connectivity index (χ1) is 7.08. The van der Waals surface area contributed by atoms with Crippen molar-refractivity contribution in [1.29, 1.82) is 0 Å². The van der Waals surface area contributed by atoms with Crippen LogP contribution in [0.5, 0.6) is 0 Å². The summed E-state index contributed by atoms with van der Waals surface area (Å²) in [5.74, 6) is 0.680. The van der Waals surface area contributed by atoms with Crippen LogP contribution >= 0.6 is 0 Å². The van der Waals surface area contributed by atoms with Gasteiger partial charge in [-0.3, -0.25) is 4.68 Å². The van der Waals surface area contributed by atoms with Crippen molar-refractivity contribution >= 4 is 0 Å². The molecular weight excluding hydrogens is 186 g/mol. The Bertz CT molecular complexity index is 304. The van der Waals surface area contributed by atoms with Crippen LogP contribution in [0.4, 0.5) is 0 Å². The van der Waals surface area contributed by atoms with E-state index in [-0.39, 0.29) is 0 Å². The summed E-state index contributed by atoms with van der Waals surface area (Å²) in [6, 6.07) is 2.64. The monoisotopic (exact) mass is 209 g/mol. The van der Waals surface area contributed by atoms with Gasteiger partial charge in [0.25, 0.3) is 0 Å². The largest absolute Gasteiger partial charge is 0.315 e. The van der Waals surface area contributed by atoms with Crippen molar-refractivity contribution < 1.29 is 0 Å². The third kappa shape index (κ3) is 3.06. The second kappa shape index (κ2) is 5.31. The zero-order valence-electron chi connectivity index (χ0n) is 10.5. The molecule has 3 heteroatoms. The highest BCUT2D eigenvalue weighted by Crippen LogP contribution is 2.11. The highest BCUT2D eigenvalue weighted by atomic mass is 15.3. The van der Waals surface area contributed by atoms with Crippen molar-refractivity contribution in [3.05, 3.63) is 17.5 Å². The summed E-state index contributed by atoms with van der Waals surface area (Å²) in [6.07, 6.45) is 1.20. The lowest BCUT2D eigenvalue weighted by molar-refractivity contribution is 0.333. The first kappa shape index (κ1) is 12.2. The standard InChI is InChI=1S/C12H23N3/c1-6-9(2)12(13-5)8-15-11(4)7-10(3)14-15/h7,9,12-13H,6,8H2,1-5H3. The van der Waals surface area contributed by atoms with Crippen LogP contribution < -0.4 is 5.32 Å². The summed E-state index contributed by atoms with van der Waals surface area (Å²) < 4.78 is 2.10. The van der Waals surface area contributed by atoms with E-state index in [9.17, 15) is 0 Å². The molecule has 1 rings (SSSR count). The zero-order valence-corrected chi connectivity index (χ0v) is 10.5. The molecule has 1 heterocycles. The molecule has 0 amide bonds. The number of rotatable bonds is 5. The Morgan fingerprint density at radius 1 is 1.47 bits per heavy atom. The average Bonchev–Trinajstić information content (AvgIpc) is 2.52. The summed E-state index contributed by atoms with van der Waals surface area (Å²) >= 11 is 0. The molecule has 0 bridgehead atoms. The quantitative estimate of drug-likeness (QED) is 0.805. The van der Waals surface area contributed by atoms with Gasteiger partial charge in [-0.15, -0.1) is 0 Å². The van der Waals surface area contributed by atoms with Gasteiger partial charge in [-0.2, -0.15) is 5.10 Å². The van der Waals surface area contributed by atoms with Gasteiger partial charge in [-0.25, -0.2) is 0 Å². The molecule has 2 atom stereocenters. The topological polar surface area (TPSA) is 29.9 Å². The van der Waals surface area contributed by atoms with Crippen LogP contribution in [0.2, 0.25) is 0 Å². The summed E-state index contributed by atoms with van der Waals surface area (Å²) in [4.78, 5) is 0. The van der Waals surface area contributed by atoms with Gasteiger partial charge in [0.1, 0.15) is 0 Å². The molecule has 1 aromatic rings. The van der Waals surface area contributed by atoms with Gasteiger partial charge in [-0.05, 0) is 32.9 Å². The van der Waals surface area contributed by atoms with Gasteiger partial charge in [0.05, 0.1) is 12.2 Å². The fourth-order valence-corrected chi connectivity index (χ4v) is 1.89. The lowest BCUT2D eigenvalue weighted by Crippen LogP contribution is -2.36. The normalized spacial score (nSPS) is 15.3. The summed E-state index contributed by atoms with van der Waals surface area (Å²) in [7, 11) is 2.03. The van der Waals surface area contributed by atoms with Gasteiger partial charge < -0.3 is 5.32 Å². The smallest absolute Gasteiger partial charge is 0.0596 e. The maximum Gasteiger partial charge on any atom is 0.0596 e. The van der Waals surface area contributed by atoms with Crippen LogP contribution in [0.25, 0.3) is 0 Å². The van der Waals surface area contributed by atoms with Crippen LogP contribution in [-0.2, 0) is 6.54 Å². The fraction of sp³-hybridized carbons (Fsp3) is 0.750. The Balaban J connectivity index is 2.70. The van der Waals surface area contributed by atoms with E-state index in [0.717, 1.165) is 12.2 Å². The predicted molar refractivity (Wildman–Crippen MR) is 64.0 cm³/mol. The van der Waals surface area contributed by atoms with Gasteiger partial charge in [-0.1, -0.05) is 20.3 Å². The highest BCUT2D eigenvalue weighted by molar-refractivity contribution is 5.06. The number of nitrogens with one attached hydrogen (secondary N) is 1. The summed E-state index contributed by atoms with van der Waals surface area (Å²) in [6.45, 7) is 9.64. The molecule has 3 nitrogen and oxygen atoms in total. The minimum Gasteiger partial charge on any atom is -0.315 e. The molecule has 0 aromatic carbocycles. The number of hydrogen-bond donors (Lipinski definition) is 1. The molecule has 0 saturated heterocycles. The fourth-order valence-electron chi connectivity index (χ4n) is 1.89. The minimum atomic E-state index is 0.507. The van der Waals surface area contributed by atoms with Gasteiger partial charge in [0, 0.05) is 11.7 Å². The van der Waals surface area contributed by atoms with E-state index in [4.69, 9.17) is 0 Å². The number of aryl methyl sites for hydroxylation is 2. The molecule has 15 heavy (non-hydrogen) atoms. The molecule has 2 unspecified atom stereocenters. The van der Waals surface area contributed by atoms with E-state index >= 15 is 0 Å². The Hall–Kier alpha value is -0.830. The highest BCUT2D eigenvalue weighted by Gasteiger charge is 2.15. The molecule has 0 aliphatic rings. The SMILES string of the molecule is CCC(C)C(Cn1nc(C)cc1C)NC.